The fourth-order valence-corrected chi connectivity index (χ4v) is 1.66. The van der Waals surface area contributed by atoms with E-state index in [4.69, 9.17) is 16.2 Å². The van der Waals surface area contributed by atoms with Crippen LogP contribution in [0.2, 0.25) is 0 Å². The molecule has 1 aromatic carbocycles. The Morgan fingerprint density at radius 2 is 2.24 bits per heavy atom. The molecule has 1 aliphatic rings. The van der Waals surface area contributed by atoms with Crippen LogP contribution in [0.4, 0.5) is 11.4 Å². The molecule has 1 aliphatic heterocycles. The molecular weight excluding hydrogens is 220 g/mol. The van der Waals surface area contributed by atoms with E-state index in [9.17, 15) is 4.79 Å². The van der Waals surface area contributed by atoms with Crippen LogP contribution >= 0.6 is 0 Å². The number of guanidine groups is 1. The van der Waals surface area contributed by atoms with E-state index in [1.165, 1.54) is 0 Å². The molecule has 2 rings (SSSR count). The molecule has 6 heteroatoms. The fourth-order valence-electron chi connectivity index (χ4n) is 1.66. The summed E-state index contributed by atoms with van der Waals surface area (Å²) < 4.78 is 5.48. The maximum atomic E-state index is 11.7. The van der Waals surface area contributed by atoms with Crippen LogP contribution in [0.15, 0.2) is 23.2 Å². The summed E-state index contributed by atoms with van der Waals surface area (Å²) >= 11 is 0. The number of hydrogen-bond donors (Lipinski definition) is 2. The first-order valence-corrected chi connectivity index (χ1v) is 5.21. The molecule has 0 saturated carbocycles. The second-order valence-electron chi connectivity index (χ2n) is 3.74. The summed E-state index contributed by atoms with van der Waals surface area (Å²) in [5.74, 6) is 0.645. The molecule has 1 amide bonds. The van der Waals surface area contributed by atoms with Crippen molar-refractivity contribution in [3.8, 4) is 5.75 Å². The minimum Gasteiger partial charge on any atom is -0.491 e. The smallest absolute Gasteiger partial charge is 0.230 e. The number of rotatable bonds is 1. The van der Waals surface area contributed by atoms with E-state index in [1.807, 2.05) is 0 Å². The highest BCUT2D eigenvalue weighted by Gasteiger charge is 2.19. The number of carbonyl (C=O) groups is 1. The lowest BCUT2D eigenvalue weighted by atomic mass is 10.2. The van der Waals surface area contributed by atoms with Gasteiger partial charge in [0.15, 0.2) is 5.96 Å². The number of aliphatic imine (C=N–C) groups is 1. The van der Waals surface area contributed by atoms with Gasteiger partial charge < -0.3 is 21.1 Å². The Morgan fingerprint density at radius 1 is 1.47 bits per heavy atom. The maximum Gasteiger partial charge on any atom is 0.230 e. The summed E-state index contributed by atoms with van der Waals surface area (Å²) in [6, 6.07) is 5.21. The van der Waals surface area contributed by atoms with Crippen molar-refractivity contribution in [2.45, 2.75) is 6.42 Å². The normalized spacial score (nSPS) is 14.6. The van der Waals surface area contributed by atoms with E-state index in [0.717, 1.165) is 0 Å². The van der Waals surface area contributed by atoms with E-state index in [2.05, 4.69) is 4.99 Å². The van der Waals surface area contributed by atoms with Crippen molar-refractivity contribution in [1.82, 2.24) is 0 Å². The van der Waals surface area contributed by atoms with Crippen LogP contribution in [0.5, 0.6) is 5.75 Å². The van der Waals surface area contributed by atoms with Crippen molar-refractivity contribution in [3.63, 3.8) is 0 Å². The standard InChI is InChI=1S/C11H14N4O2/c1-15-8-6-7(14-11(12)13)2-3-9(8)17-5-4-10(15)16/h2-3,6H,4-5H2,1H3,(H4,12,13,14). The van der Waals surface area contributed by atoms with Crippen LogP contribution in [0.3, 0.4) is 0 Å². The maximum absolute atomic E-state index is 11.7. The number of ether oxygens (including phenoxy) is 1. The third-order valence-corrected chi connectivity index (χ3v) is 2.51. The average molecular weight is 234 g/mol. The zero-order valence-corrected chi connectivity index (χ0v) is 9.51. The van der Waals surface area contributed by atoms with Gasteiger partial charge in [-0.3, -0.25) is 4.79 Å². The number of fused-ring (bicyclic) bond motifs is 1. The largest absolute Gasteiger partial charge is 0.491 e. The topological polar surface area (TPSA) is 93.9 Å². The molecule has 0 fully saturated rings. The molecular formula is C11H14N4O2. The van der Waals surface area contributed by atoms with Gasteiger partial charge in [0, 0.05) is 7.05 Å². The van der Waals surface area contributed by atoms with Gasteiger partial charge in [0.2, 0.25) is 5.91 Å². The van der Waals surface area contributed by atoms with Crippen molar-refractivity contribution in [1.29, 1.82) is 0 Å². The molecule has 90 valence electrons. The van der Waals surface area contributed by atoms with E-state index in [-0.39, 0.29) is 11.9 Å². The van der Waals surface area contributed by atoms with Gasteiger partial charge in [-0.2, -0.15) is 0 Å². The third kappa shape index (κ3) is 2.30. The highest BCUT2D eigenvalue weighted by molar-refractivity contribution is 5.95. The first kappa shape index (κ1) is 11.3. The van der Waals surface area contributed by atoms with Crippen molar-refractivity contribution in [2.24, 2.45) is 16.5 Å². The Morgan fingerprint density at radius 3 is 2.94 bits per heavy atom. The summed E-state index contributed by atoms with van der Waals surface area (Å²) in [5, 5.41) is 0. The lowest BCUT2D eigenvalue weighted by molar-refractivity contribution is -0.118. The predicted octanol–water partition coefficient (Wildman–Crippen LogP) is 0.337. The van der Waals surface area contributed by atoms with Gasteiger partial charge in [0.05, 0.1) is 24.4 Å². The number of nitrogens with two attached hydrogens (primary N) is 2. The van der Waals surface area contributed by atoms with Crippen molar-refractivity contribution >= 4 is 23.2 Å². The molecule has 0 saturated heterocycles. The number of anilines is 1. The summed E-state index contributed by atoms with van der Waals surface area (Å²) in [6.07, 6.45) is 0.364. The van der Waals surface area contributed by atoms with Crippen LogP contribution in [0.1, 0.15) is 6.42 Å². The Labute approximate surface area is 98.9 Å². The van der Waals surface area contributed by atoms with Crippen molar-refractivity contribution in [2.75, 3.05) is 18.6 Å². The molecule has 0 spiro atoms. The van der Waals surface area contributed by atoms with E-state index in [1.54, 1.807) is 30.1 Å². The Balaban J connectivity index is 2.45. The van der Waals surface area contributed by atoms with Crippen LogP contribution in [0.25, 0.3) is 0 Å². The molecule has 17 heavy (non-hydrogen) atoms. The monoisotopic (exact) mass is 234 g/mol. The zero-order chi connectivity index (χ0) is 12.4. The second kappa shape index (κ2) is 4.32. The zero-order valence-electron chi connectivity index (χ0n) is 9.51. The van der Waals surface area contributed by atoms with E-state index >= 15 is 0 Å². The minimum atomic E-state index is -0.0199. The Bertz CT molecular complexity index is 480. The molecule has 4 N–H and O–H groups in total. The number of carbonyl (C=O) groups excluding carboxylic acids is 1. The molecule has 0 aromatic heterocycles. The summed E-state index contributed by atoms with van der Waals surface area (Å²) in [7, 11) is 1.70. The molecule has 1 heterocycles. The molecule has 0 radical (unpaired) electrons. The first-order valence-electron chi connectivity index (χ1n) is 5.21. The Kier molecular flexibility index (Phi) is 2.86. The lowest BCUT2D eigenvalue weighted by Crippen LogP contribution is -2.25. The Hall–Kier alpha value is -2.24. The molecule has 1 aromatic rings. The van der Waals surface area contributed by atoms with Crippen LogP contribution in [-0.2, 0) is 4.79 Å². The van der Waals surface area contributed by atoms with E-state index < -0.39 is 0 Å². The number of hydrogen-bond acceptors (Lipinski definition) is 3. The molecule has 0 unspecified atom stereocenters. The SMILES string of the molecule is CN1C(=O)CCOc2ccc(N=C(N)N)cc21. The van der Waals surface area contributed by atoms with Crippen LogP contribution < -0.4 is 21.1 Å². The highest BCUT2D eigenvalue weighted by Crippen LogP contribution is 2.33. The minimum absolute atomic E-state index is 0.00519. The average Bonchev–Trinajstić information content (AvgIpc) is 2.40. The van der Waals surface area contributed by atoms with Crippen molar-refractivity contribution < 1.29 is 9.53 Å². The van der Waals surface area contributed by atoms with Gasteiger partial charge >= 0.3 is 0 Å². The first-order chi connectivity index (χ1) is 8.08. The highest BCUT2D eigenvalue weighted by atomic mass is 16.5. The van der Waals surface area contributed by atoms with Crippen LogP contribution in [0, 0.1) is 0 Å². The number of benzene rings is 1. The van der Waals surface area contributed by atoms with Gasteiger partial charge in [0.1, 0.15) is 5.75 Å². The number of nitrogens with zero attached hydrogens (tertiary/aromatic N) is 2. The van der Waals surface area contributed by atoms with E-state index in [0.29, 0.717) is 30.2 Å². The molecule has 6 nitrogen and oxygen atoms in total. The quantitative estimate of drug-likeness (QED) is 0.541. The second-order valence-corrected chi connectivity index (χ2v) is 3.74. The third-order valence-electron chi connectivity index (χ3n) is 2.51. The summed E-state index contributed by atoms with van der Waals surface area (Å²) in [6.45, 7) is 0.387. The summed E-state index contributed by atoms with van der Waals surface area (Å²) in [4.78, 5) is 17.2. The molecule has 0 atom stereocenters. The van der Waals surface area contributed by atoms with Gasteiger partial charge in [0.25, 0.3) is 0 Å². The van der Waals surface area contributed by atoms with Gasteiger partial charge in [-0.15, -0.1) is 0 Å². The predicted molar refractivity (Wildman–Crippen MR) is 65.4 cm³/mol. The van der Waals surface area contributed by atoms with Crippen LogP contribution in [-0.4, -0.2) is 25.5 Å². The number of amides is 1. The lowest BCUT2D eigenvalue weighted by Gasteiger charge is -2.16. The molecule has 0 aliphatic carbocycles. The van der Waals surface area contributed by atoms with Gasteiger partial charge in [-0.25, -0.2) is 4.99 Å². The summed E-state index contributed by atoms with van der Waals surface area (Å²) in [5.41, 5.74) is 11.9. The van der Waals surface area contributed by atoms with Gasteiger partial charge in [-0.05, 0) is 18.2 Å². The molecule has 0 bridgehead atoms. The van der Waals surface area contributed by atoms with Gasteiger partial charge in [-0.1, -0.05) is 0 Å². The van der Waals surface area contributed by atoms with Crippen molar-refractivity contribution in [3.05, 3.63) is 18.2 Å². The fraction of sp³-hybridized carbons (Fsp3) is 0.273.